The first-order valence-electron chi connectivity index (χ1n) is 3.91. The quantitative estimate of drug-likeness (QED) is 0.584. The van der Waals surface area contributed by atoms with Crippen molar-refractivity contribution in [2.24, 2.45) is 11.5 Å². The molecule has 0 aliphatic rings. The van der Waals surface area contributed by atoms with Gasteiger partial charge in [-0.3, -0.25) is 0 Å². The molecule has 0 radical (unpaired) electrons. The Hall–Kier alpha value is -0.600. The molecule has 0 spiro atoms. The maximum absolute atomic E-state index is 5.76. The Morgan fingerprint density at radius 2 is 2.00 bits per heavy atom. The van der Waals surface area contributed by atoms with E-state index in [1.54, 1.807) is 0 Å². The summed E-state index contributed by atoms with van der Waals surface area (Å²) in [4.78, 5) is 0. The van der Waals surface area contributed by atoms with Crippen LogP contribution in [0.1, 0.15) is 19.8 Å². The van der Waals surface area contributed by atoms with Crippen molar-refractivity contribution in [1.29, 1.82) is 0 Å². The van der Waals surface area contributed by atoms with Crippen LogP contribution in [0, 0.1) is 0 Å². The van der Waals surface area contributed by atoms with Gasteiger partial charge in [0.25, 0.3) is 0 Å². The maximum atomic E-state index is 5.76. The molecule has 0 amide bonds. The highest BCUT2D eigenvalue weighted by molar-refractivity contribution is 5.11. The lowest BCUT2D eigenvalue weighted by molar-refractivity contribution is 0.727. The number of rotatable bonds is 5. The second-order valence-electron chi connectivity index (χ2n) is 2.78. The van der Waals surface area contributed by atoms with E-state index in [9.17, 15) is 0 Å². The summed E-state index contributed by atoms with van der Waals surface area (Å²) in [7, 11) is 0. The smallest absolute Gasteiger partial charge is 0.0301 e. The third-order valence-corrected chi connectivity index (χ3v) is 1.80. The highest BCUT2D eigenvalue weighted by Gasteiger charge is 2.05. The van der Waals surface area contributed by atoms with E-state index in [1.165, 1.54) is 0 Å². The van der Waals surface area contributed by atoms with Gasteiger partial charge >= 0.3 is 0 Å². The molecule has 0 aromatic rings. The fourth-order valence-electron chi connectivity index (χ4n) is 0.751. The zero-order valence-corrected chi connectivity index (χ0v) is 7.27. The Labute approximate surface area is 69.0 Å². The molecule has 0 aromatic heterocycles. The molecule has 0 aliphatic heterocycles. The first kappa shape index (κ1) is 10.4. The zero-order valence-electron chi connectivity index (χ0n) is 7.27. The van der Waals surface area contributed by atoms with Crippen LogP contribution < -0.4 is 11.5 Å². The van der Waals surface area contributed by atoms with E-state index in [0.29, 0.717) is 6.54 Å². The van der Waals surface area contributed by atoms with Crippen LogP contribution in [-0.4, -0.2) is 12.6 Å². The third-order valence-electron chi connectivity index (χ3n) is 1.80. The van der Waals surface area contributed by atoms with Crippen LogP contribution in [-0.2, 0) is 0 Å². The van der Waals surface area contributed by atoms with Gasteiger partial charge in [0, 0.05) is 12.6 Å². The van der Waals surface area contributed by atoms with Crippen LogP contribution in [0.25, 0.3) is 0 Å². The van der Waals surface area contributed by atoms with E-state index in [4.69, 9.17) is 11.5 Å². The maximum Gasteiger partial charge on any atom is 0.0301 e. The topological polar surface area (TPSA) is 52.0 Å². The molecule has 0 saturated carbocycles. The standard InChI is InChI=1S/C9H18N2/c1-4-7(2)5-9(11)8(3)6-10/h9H,2-6,10-11H2,1H3. The summed E-state index contributed by atoms with van der Waals surface area (Å²) in [5, 5.41) is 0. The van der Waals surface area contributed by atoms with Crippen LogP contribution in [0.5, 0.6) is 0 Å². The number of hydrogen-bond acceptors (Lipinski definition) is 2. The zero-order chi connectivity index (χ0) is 8.85. The minimum Gasteiger partial charge on any atom is -0.327 e. The predicted molar refractivity (Wildman–Crippen MR) is 50.2 cm³/mol. The molecule has 0 fully saturated rings. The molecular weight excluding hydrogens is 136 g/mol. The largest absolute Gasteiger partial charge is 0.327 e. The van der Waals surface area contributed by atoms with Gasteiger partial charge in [0.1, 0.15) is 0 Å². The minimum absolute atomic E-state index is 0.00699. The van der Waals surface area contributed by atoms with Gasteiger partial charge < -0.3 is 11.5 Å². The van der Waals surface area contributed by atoms with Crippen molar-refractivity contribution in [2.45, 2.75) is 25.8 Å². The van der Waals surface area contributed by atoms with Gasteiger partial charge in [-0.2, -0.15) is 0 Å². The van der Waals surface area contributed by atoms with E-state index >= 15 is 0 Å². The van der Waals surface area contributed by atoms with E-state index < -0.39 is 0 Å². The van der Waals surface area contributed by atoms with E-state index in [1.807, 2.05) is 0 Å². The van der Waals surface area contributed by atoms with Crippen molar-refractivity contribution < 1.29 is 0 Å². The van der Waals surface area contributed by atoms with Gasteiger partial charge in [0.05, 0.1) is 0 Å². The summed E-state index contributed by atoms with van der Waals surface area (Å²) >= 11 is 0. The number of nitrogens with two attached hydrogens (primary N) is 2. The van der Waals surface area contributed by atoms with E-state index in [2.05, 4.69) is 20.1 Å². The summed E-state index contributed by atoms with van der Waals surface area (Å²) < 4.78 is 0. The van der Waals surface area contributed by atoms with Crippen LogP contribution in [0.3, 0.4) is 0 Å². The molecule has 0 bridgehead atoms. The average molecular weight is 154 g/mol. The van der Waals surface area contributed by atoms with E-state index in [0.717, 1.165) is 24.0 Å². The molecule has 1 atom stereocenters. The lowest BCUT2D eigenvalue weighted by Crippen LogP contribution is -2.26. The normalized spacial score (nSPS) is 12.6. The third kappa shape index (κ3) is 3.96. The minimum atomic E-state index is -0.00699. The van der Waals surface area contributed by atoms with Crippen molar-refractivity contribution >= 4 is 0 Å². The van der Waals surface area contributed by atoms with Gasteiger partial charge in [-0.15, -0.1) is 0 Å². The molecule has 0 rings (SSSR count). The molecular formula is C9H18N2. The second-order valence-corrected chi connectivity index (χ2v) is 2.78. The highest BCUT2D eigenvalue weighted by Crippen LogP contribution is 2.09. The molecule has 1 unspecified atom stereocenters. The summed E-state index contributed by atoms with van der Waals surface area (Å²) in [6.07, 6.45) is 1.79. The van der Waals surface area contributed by atoms with Gasteiger partial charge in [0.15, 0.2) is 0 Å². The monoisotopic (exact) mass is 154 g/mol. The van der Waals surface area contributed by atoms with Crippen LogP contribution in [0.2, 0.25) is 0 Å². The summed E-state index contributed by atoms with van der Waals surface area (Å²) in [5.74, 6) is 0. The summed E-state index contributed by atoms with van der Waals surface area (Å²) in [5.41, 5.74) is 13.2. The molecule has 11 heavy (non-hydrogen) atoms. The summed E-state index contributed by atoms with van der Waals surface area (Å²) in [6, 6.07) is -0.00699. The Morgan fingerprint density at radius 1 is 1.45 bits per heavy atom. The molecule has 2 heteroatoms. The van der Waals surface area contributed by atoms with Gasteiger partial charge in [-0.25, -0.2) is 0 Å². The fraction of sp³-hybridized carbons (Fsp3) is 0.556. The molecule has 0 heterocycles. The van der Waals surface area contributed by atoms with Gasteiger partial charge in [-0.05, 0) is 18.4 Å². The lowest BCUT2D eigenvalue weighted by Gasteiger charge is -2.13. The fourth-order valence-corrected chi connectivity index (χ4v) is 0.751. The lowest BCUT2D eigenvalue weighted by atomic mass is 10.0. The highest BCUT2D eigenvalue weighted by atomic mass is 14.7. The molecule has 2 nitrogen and oxygen atoms in total. The molecule has 0 aromatic carbocycles. The van der Waals surface area contributed by atoms with Crippen molar-refractivity contribution in [2.75, 3.05) is 6.54 Å². The first-order chi connectivity index (χ1) is 5.11. The summed E-state index contributed by atoms with van der Waals surface area (Å²) in [6.45, 7) is 10.2. The van der Waals surface area contributed by atoms with Crippen molar-refractivity contribution in [1.82, 2.24) is 0 Å². The van der Waals surface area contributed by atoms with Gasteiger partial charge in [-0.1, -0.05) is 25.7 Å². The van der Waals surface area contributed by atoms with Crippen LogP contribution in [0.15, 0.2) is 24.3 Å². The van der Waals surface area contributed by atoms with Crippen molar-refractivity contribution in [3.05, 3.63) is 24.3 Å². The van der Waals surface area contributed by atoms with Crippen molar-refractivity contribution in [3.8, 4) is 0 Å². The Bertz CT molecular complexity index is 150. The Balaban J connectivity index is 3.77. The van der Waals surface area contributed by atoms with Crippen molar-refractivity contribution in [3.63, 3.8) is 0 Å². The molecule has 4 N–H and O–H groups in total. The van der Waals surface area contributed by atoms with E-state index in [-0.39, 0.29) is 6.04 Å². The molecule has 0 saturated heterocycles. The SMILES string of the molecule is C=C(CC)CC(N)C(=C)CN. The average Bonchev–Trinajstić information content (AvgIpc) is 2.02. The second kappa shape index (κ2) is 5.10. The molecule has 0 aliphatic carbocycles. The Kier molecular flexibility index (Phi) is 4.83. The number of hydrogen-bond donors (Lipinski definition) is 2. The van der Waals surface area contributed by atoms with Crippen LogP contribution >= 0.6 is 0 Å². The van der Waals surface area contributed by atoms with Gasteiger partial charge in [0.2, 0.25) is 0 Å². The molecule has 64 valence electrons. The predicted octanol–water partition coefficient (Wildman–Crippen LogP) is 1.18. The Morgan fingerprint density at radius 3 is 2.36 bits per heavy atom. The van der Waals surface area contributed by atoms with Crippen LogP contribution in [0.4, 0.5) is 0 Å². The first-order valence-corrected chi connectivity index (χ1v) is 3.91.